The summed E-state index contributed by atoms with van der Waals surface area (Å²) in [6.45, 7) is 4.18. The molecule has 0 radical (unpaired) electrons. The van der Waals surface area contributed by atoms with E-state index >= 15 is 0 Å². The zero-order valence-corrected chi connectivity index (χ0v) is 11.5. The Balaban J connectivity index is 2.46. The second-order valence-electron chi connectivity index (χ2n) is 5.35. The van der Waals surface area contributed by atoms with E-state index in [9.17, 15) is 10.1 Å². The third-order valence-electron chi connectivity index (χ3n) is 3.96. The largest absolute Gasteiger partial charge is 0.444 e. The Labute approximate surface area is 113 Å². The number of carbonyl (C=O) groups excluding carboxylic acids is 1. The number of hydrogen-bond acceptors (Lipinski definition) is 4. The van der Waals surface area contributed by atoms with Crippen LogP contribution in [0.3, 0.4) is 0 Å². The van der Waals surface area contributed by atoms with Gasteiger partial charge in [0.2, 0.25) is 5.88 Å². The molecule has 2 atom stereocenters. The van der Waals surface area contributed by atoms with Crippen LogP contribution in [0.4, 0.5) is 0 Å². The molecule has 0 aromatic rings. The third kappa shape index (κ3) is 2.37. The van der Waals surface area contributed by atoms with Crippen molar-refractivity contribution in [2.45, 2.75) is 46.0 Å². The molecule has 2 rings (SSSR count). The molecule has 0 fully saturated rings. The van der Waals surface area contributed by atoms with Gasteiger partial charge in [-0.1, -0.05) is 26.7 Å². The lowest BCUT2D eigenvalue weighted by molar-refractivity contribution is -0.117. The van der Waals surface area contributed by atoms with Crippen molar-refractivity contribution < 1.29 is 9.53 Å². The van der Waals surface area contributed by atoms with Gasteiger partial charge in [0, 0.05) is 24.3 Å². The number of nitrogens with zero attached hydrogens (tertiary/aromatic N) is 1. The van der Waals surface area contributed by atoms with Gasteiger partial charge in [-0.15, -0.1) is 0 Å². The van der Waals surface area contributed by atoms with E-state index in [1.54, 1.807) is 0 Å². The second kappa shape index (κ2) is 5.48. The molecule has 0 saturated heterocycles. The summed E-state index contributed by atoms with van der Waals surface area (Å²) in [5, 5.41) is 9.32. The summed E-state index contributed by atoms with van der Waals surface area (Å²) in [5.74, 6) is 1.05. The number of ketones is 1. The van der Waals surface area contributed by atoms with Crippen molar-refractivity contribution in [3.8, 4) is 6.07 Å². The average Bonchev–Trinajstić information content (AvgIpc) is 2.37. The van der Waals surface area contributed by atoms with Crippen LogP contribution >= 0.6 is 0 Å². The van der Waals surface area contributed by atoms with Crippen LogP contribution in [0.15, 0.2) is 22.8 Å². The first kappa shape index (κ1) is 13.7. The lowest BCUT2D eigenvalue weighted by Crippen LogP contribution is -2.32. The standard InChI is InChI=1S/C15H20N2O2/c1-3-5-9(2)13-10(8-16)15(17)19-12-7-4-6-11(18)14(12)13/h9,13H,3-7,17H2,1-2H3/t9-,13-/m1/s1. The number of hydrogen-bond donors (Lipinski definition) is 1. The summed E-state index contributed by atoms with van der Waals surface area (Å²) in [6, 6.07) is 2.14. The van der Waals surface area contributed by atoms with Gasteiger partial charge in [-0.05, 0) is 12.3 Å². The van der Waals surface area contributed by atoms with Gasteiger partial charge in [0.15, 0.2) is 5.78 Å². The molecular weight excluding hydrogens is 240 g/mol. The predicted octanol–water partition coefficient (Wildman–Crippen LogP) is 2.77. The Morgan fingerprint density at radius 1 is 1.53 bits per heavy atom. The minimum Gasteiger partial charge on any atom is -0.444 e. The number of nitrogens with two attached hydrogens (primary N) is 1. The summed E-state index contributed by atoms with van der Waals surface area (Å²) >= 11 is 0. The van der Waals surface area contributed by atoms with Crippen LogP contribution < -0.4 is 5.73 Å². The lowest BCUT2D eigenvalue weighted by Gasteiger charge is -2.33. The van der Waals surface area contributed by atoms with E-state index in [4.69, 9.17) is 10.5 Å². The fourth-order valence-corrected chi connectivity index (χ4v) is 3.09. The molecule has 0 unspecified atom stereocenters. The van der Waals surface area contributed by atoms with Crippen LogP contribution in [0.5, 0.6) is 0 Å². The maximum Gasteiger partial charge on any atom is 0.204 e. The first-order chi connectivity index (χ1) is 9.10. The van der Waals surface area contributed by atoms with Crippen molar-refractivity contribution in [2.24, 2.45) is 17.6 Å². The molecular formula is C15H20N2O2. The van der Waals surface area contributed by atoms with Crippen molar-refractivity contribution in [1.29, 1.82) is 5.26 Å². The number of Topliss-reactive ketones (excluding diaryl/α,β-unsaturated/α-hetero) is 1. The van der Waals surface area contributed by atoms with E-state index in [1.165, 1.54) is 0 Å². The molecule has 1 aliphatic carbocycles. The van der Waals surface area contributed by atoms with Gasteiger partial charge >= 0.3 is 0 Å². The number of rotatable bonds is 3. The van der Waals surface area contributed by atoms with E-state index in [-0.39, 0.29) is 23.5 Å². The number of ether oxygens (including phenoxy) is 1. The minimum atomic E-state index is -0.179. The quantitative estimate of drug-likeness (QED) is 0.846. The Morgan fingerprint density at radius 2 is 2.26 bits per heavy atom. The number of nitriles is 1. The summed E-state index contributed by atoms with van der Waals surface area (Å²) in [6.07, 6.45) is 4.09. The molecule has 4 heteroatoms. The zero-order valence-electron chi connectivity index (χ0n) is 11.5. The Kier molecular flexibility index (Phi) is 3.94. The van der Waals surface area contributed by atoms with Gasteiger partial charge in [-0.3, -0.25) is 4.79 Å². The van der Waals surface area contributed by atoms with Crippen LogP contribution in [0.25, 0.3) is 0 Å². The Morgan fingerprint density at radius 3 is 2.89 bits per heavy atom. The topological polar surface area (TPSA) is 76.1 Å². The highest BCUT2D eigenvalue weighted by molar-refractivity contribution is 5.98. The SMILES string of the molecule is CCC[C@@H](C)[C@@H]1C(C#N)=C(N)OC2=C1C(=O)CCC2. The molecule has 4 nitrogen and oxygen atoms in total. The molecule has 0 saturated carbocycles. The van der Waals surface area contributed by atoms with Crippen LogP contribution in [0.2, 0.25) is 0 Å². The van der Waals surface area contributed by atoms with Crippen molar-refractivity contribution in [1.82, 2.24) is 0 Å². The van der Waals surface area contributed by atoms with E-state index in [0.717, 1.165) is 25.7 Å². The van der Waals surface area contributed by atoms with Crippen molar-refractivity contribution >= 4 is 5.78 Å². The molecule has 1 heterocycles. The molecule has 0 aromatic carbocycles. The van der Waals surface area contributed by atoms with E-state index in [2.05, 4.69) is 19.9 Å². The van der Waals surface area contributed by atoms with Gasteiger partial charge in [0.05, 0.1) is 5.57 Å². The van der Waals surface area contributed by atoms with Gasteiger partial charge in [0.1, 0.15) is 11.8 Å². The van der Waals surface area contributed by atoms with Crippen molar-refractivity contribution in [3.63, 3.8) is 0 Å². The Bertz CT molecular complexity index is 497. The van der Waals surface area contributed by atoms with Gasteiger partial charge in [-0.2, -0.15) is 5.26 Å². The summed E-state index contributed by atoms with van der Waals surface area (Å²) < 4.78 is 5.52. The predicted molar refractivity (Wildman–Crippen MR) is 71.4 cm³/mol. The first-order valence-electron chi connectivity index (χ1n) is 6.94. The van der Waals surface area contributed by atoms with Crippen LogP contribution in [-0.2, 0) is 9.53 Å². The van der Waals surface area contributed by atoms with Gasteiger partial charge < -0.3 is 10.5 Å². The number of carbonyl (C=O) groups is 1. The fraction of sp³-hybridized carbons (Fsp3) is 0.600. The van der Waals surface area contributed by atoms with E-state index in [0.29, 0.717) is 23.3 Å². The highest BCUT2D eigenvalue weighted by Crippen LogP contribution is 2.42. The Hall–Kier alpha value is -1.76. The molecule has 2 N–H and O–H groups in total. The summed E-state index contributed by atoms with van der Waals surface area (Å²) in [7, 11) is 0. The molecule has 19 heavy (non-hydrogen) atoms. The molecule has 0 spiro atoms. The molecule has 102 valence electrons. The minimum absolute atomic E-state index is 0.120. The van der Waals surface area contributed by atoms with Crippen LogP contribution in [-0.4, -0.2) is 5.78 Å². The second-order valence-corrected chi connectivity index (χ2v) is 5.35. The summed E-state index contributed by atoms with van der Waals surface area (Å²) in [4.78, 5) is 12.2. The molecule has 0 aromatic heterocycles. The lowest BCUT2D eigenvalue weighted by atomic mass is 9.74. The van der Waals surface area contributed by atoms with Crippen molar-refractivity contribution in [3.05, 3.63) is 22.8 Å². The first-order valence-corrected chi connectivity index (χ1v) is 6.94. The molecule has 0 amide bonds. The highest BCUT2D eigenvalue weighted by atomic mass is 16.5. The molecule has 1 aliphatic heterocycles. The molecule has 0 bridgehead atoms. The van der Waals surface area contributed by atoms with E-state index < -0.39 is 0 Å². The maximum atomic E-state index is 12.2. The monoisotopic (exact) mass is 260 g/mol. The number of allylic oxidation sites excluding steroid dienone is 3. The molecule has 2 aliphatic rings. The van der Waals surface area contributed by atoms with Crippen LogP contribution in [0, 0.1) is 23.2 Å². The highest BCUT2D eigenvalue weighted by Gasteiger charge is 2.39. The smallest absolute Gasteiger partial charge is 0.204 e. The third-order valence-corrected chi connectivity index (χ3v) is 3.96. The van der Waals surface area contributed by atoms with Crippen LogP contribution in [0.1, 0.15) is 46.0 Å². The van der Waals surface area contributed by atoms with Gasteiger partial charge in [0.25, 0.3) is 0 Å². The zero-order chi connectivity index (χ0) is 14.0. The normalized spacial score (nSPS) is 24.7. The fourth-order valence-electron chi connectivity index (χ4n) is 3.09. The summed E-state index contributed by atoms with van der Waals surface area (Å²) in [5.41, 5.74) is 6.99. The van der Waals surface area contributed by atoms with E-state index in [1.807, 2.05) is 0 Å². The average molecular weight is 260 g/mol. The maximum absolute atomic E-state index is 12.2. The van der Waals surface area contributed by atoms with Gasteiger partial charge in [-0.25, -0.2) is 0 Å². The van der Waals surface area contributed by atoms with Crippen molar-refractivity contribution in [2.75, 3.05) is 0 Å².